The summed E-state index contributed by atoms with van der Waals surface area (Å²) in [6.07, 6.45) is 1.67. The van der Waals surface area contributed by atoms with Crippen LogP contribution in [0.15, 0.2) is 66.7 Å². The summed E-state index contributed by atoms with van der Waals surface area (Å²) in [5.74, 6) is -0.0486. The van der Waals surface area contributed by atoms with Crippen LogP contribution in [0, 0.1) is 0 Å². The van der Waals surface area contributed by atoms with Crippen molar-refractivity contribution in [3.8, 4) is 10.4 Å². The molecule has 0 unspecified atom stereocenters. The molecule has 2 amide bonds. The molecule has 31 heavy (non-hydrogen) atoms. The number of nitrogens with one attached hydrogen (secondary N) is 2. The molecule has 1 aliphatic rings. The lowest BCUT2D eigenvalue weighted by atomic mass is 10.0. The zero-order valence-electron chi connectivity index (χ0n) is 17.0. The first kappa shape index (κ1) is 21.6. The number of rotatable bonds is 6. The Morgan fingerprint density at radius 1 is 0.968 bits per heavy atom. The maximum atomic E-state index is 12.7. The van der Waals surface area contributed by atoms with Gasteiger partial charge in [0.1, 0.15) is 0 Å². The van der Waals surface area contributed by atoms with Crippen LogP contribution in [0.25, 0.3) is 10.4 Å². The van der Waals surface area contributed by atoms with Gasteiger partial charge in [-0.15, -0.1) is 11.3 Å². The average Bonchev–Trinajstić information content (AvgIpc) is 3.27. The zero-order chi connectivity index (χ0) is 21.6. The number of amides is 2. The van der Waals surface area contributed by atoms with Gasteiger partial charge in [0.25, 0.3) is 5.91 Å². The quantitative estimate of drug-likeness (QED) is 0.558. The van der Waals surface area contributed by atoms with Crippen LogP contribution in [0.4, 0.5) is 5.69 Å². The van der Waals surface area contributed by atoms with Gasteiger partial charge in [0.15, 0.2) is 0 Å². The van der Waals surface area contributed by atoms with Crippen molar-refractivity contribution in [1.82, 2.24) is 10.2 Å². The Morgan fingerprint density at radius 2 is 1.68 bits per heavy atom. The van der Waals surface area contributed by atoms with Gasteiger partial charge in [-0.1, -0.05) is 41.9 Å². The Kier molecular flexibility index (Phi) is 7.02. The normalized spacial score (nSPS) is 14.9. The van der Waals surface area contributed by atoms with Crippen molar-refractivity contribution in [3.63, 3.8) is 0 Å². The average molecular weight is 454 g/mol. The van der Waals surface area contributed by atoms with E-state index in [9.17, 15) is 9.59 Å². The summed E-state index contributed by atoms with van der Waals surface area (Å²) in [6.45, 7) is 1.94. The van der Waals surface area contributed by atoms with Crippen LogP contribution in [0.3, 0.4) is 0 Å². The van der Waals surface area contributed by atoms with E-state index in [1.165, 1.54) is 11.3 Å². The molecule has 3 aromatic rings. The van der Waals surface area contributed by atoms with Gasteiger partial charge in [-0.3, -0.25) is 14.5 Å². The highest BCUT2D eigenvalue weighted by atomic mass is 35.5. The SMILES string of the molecule is O=C(CN1CCC(NC(=O)c2ccc(-c3ccc(Cl)cc3)s2)CC1)Nc1ccccc1. The largest absolute Gasteiger partial charge is 0.349 e. The molecular weight excluding hydrogens is 430 g/mol. The van der Waals surface area contributed by atoms with E-state index in [0.29, 0.717) is 16.4 Å². The molecule has 2 heterocycles. The van der Waals surface area contributed by atoms with Gasteiger partial charge in [0.05, 0.1) is 11.4 Å². The molecule has 1 aliphatic heterocycles. The topological polar surface area (TPSA) is 61.4 Å². The van der Waals surface area contributed by atoms with E-state index in [1.807, 2.05) is 66.7 Å². The third-order valence-electron chi connectivity index (χ3n) is 5.31. The smallest absolute Gasteiger partial charge is 0.261 e. The first-order valence-corrected chi connectivity index (χ1v) is 11.5. The summed E-state index contributed by atoms with van der Waals surface area (Å²) in [5, 5.41) is 6.76. The Labute approximate surface area is 191 Å². The summed E-state index contributed by atoms with van der Waals surface area (Å²) in [6, 6.07) is 21.1. The van der Waals surface area contributed by atoms with Crippen LogP contribution in [-0.4, -0.2) is 42.4 Å². The monoisotopic (exact) mass is 453 g/mol. The maximum Gasteiger partial charge on any atom is 0.261 e. The molecule has 1 fully saturated rings. The summed E-state index contributed by atoms with van der Waals surface area (Å²) in [7, 11) is 0. The zero-order valence-corrected chi connectivity index (χ0v) is 18.6. The highest BCUT2D eigenvalue weighted by molar-refractivity contribution is 7.17. The fourth-order valence-electron chi connectivity index (χ4n) is 3.65. The highest BCUT2D eigenvalue weighted by Gasteiger charge is 2.23. The molecule has 0 aliphatic carbocycles. The van der Waals surface area contributed by atoms with E-state index in [-0.39, 0.29) is 17.9 Å². The van der Waals surface area contributed by atoms with Gasteiger partial charge in [0, 0.05) is 34.7 Å². The predicted molar refractivity (Wildman–Crippen MR) is 127 cm³/mol. The second-order valence-electron chi connectivity index (χ2n) is 7.61. The fraction of sp³-hybridized carbons (Fsp3) is 0.250. The molecule has 7 heteroatoms. The molecule has 5 nitrogen and oxygen atoms in total. The van der Waals surface area contributed by atoms with Crippen LogP contribution in [0.2, 0.25) is 5.02 Å². The van der Waals surface area contributed by atoms with Crippen LogP contribution >= 0.6 is 22.9 Å². The molecule has 160 valence electrons. The summed E-state index contributed by atoms with van der Waals surface area (Å²) >= 11 is 7.43. The Hall–Kier alpha value is -2.67. The number of nitrogens with zero attached hydrogens (tertiary/aromatic N) is 1. The molecule has 0 bridgehead atoms. The van der Waals surface area contributed by atoms with E-state index in [1.54, 1.807) is 0 Å². The number of benzene rings is 2. The Bertz CT molecular complexity index is 1030. The summed E-state index contributed by atoms with van der Waals surface area (Å²) in [5.41, 5.74) is 1.86. The maximum absolute atomic E-state index is 12.7. The first-order valence-electron chi connectivity index (χ1n) is 10.3. The molecular formula is C24H24ClN3O2S. The number of carbonyl (C=O) groups is 2. The van der Waals surface area contributed by atoms with Crippen LogP contribution in [0.5, 0.6) is 0 Å². The number of halogens is 1. The van der Waals surface area contributed by atoms with Crippen molar-refractivity contribution in [2.45, 2.75) is 18.9 Å². The lowest BCUT2D eigenvalue weighted by molar-refractivity contribution is -0.117. The third-order valence-corrected chi connectivity index (χ3v) is 6.69. The molecule has 4 rings (SSSR count). The van der Waals surface area contributed by atoms with Crippen molar-refractivity contribution in [3.05, 3.63) is 76.6 Å². The summed E-state index contributed by atoms with van der Waals surface area (Å²) < 4.78 is 0. The van der Waals surface area contributed by atoms with E-state index in [4.69, 9.17) is 11.6 Å². The lowest BCUT2D eigenvalue weighted by Gasteiger charge is -2.31. The number of para-hydroxylation sites is 1. The van der Waals surface area contributed by atoms with Gasteiger partial charge in [0.2, 0.25) is 5.91 Å². The number of hydrogen-bond acceptors (Lipinski definition) is 4. The molecule has 0 spiro atoms. The second kappa shape index (κ2) is 10.1. The van der Waals surface area contributed by atoms with Crippen molar-refractivity contribution >= 4 is 40.4 Å². The molecule has 0 radical (unpaired) electrons. The van der Waals surface area contributed by atoms with Gasteiger partial charge < -0.3 is 10.6 Å². The van der Waals surface area contributed by atoms with Crippen LogP contribution < -0.4 is 10.6 Å². The van der Waals surface area contributed by atoms with Crippen LogP contribution in [-0.2, 0) is 4.79 Å². The Morgan fingerprint density at radius 3 is 2.39 bits per heavy atom. The van der Waals surface area contributed by atoms with Crippen molar-refractivity contribution in [2.24, 2.45) is 0 Å². The van der Waals surface area contributed by atoms with Gasteiger partial charge >= 0.3 is 0 Å². The predicted octanol–water partition coefficient (Wildman–Crippen LogP) is 4.90. The fourth-order valence-corrected chi connectivity index (χ4v) is 4.69. The minimum Gasteiger partial charge on any atom is -0.349 e. The number of piperidine rings is 1. The molecule has 1 saturated heterocycles. The van der Waals surface area contributed by atoms with Gasteiger partial charge in [-0.05, 0) is 54.8 Å². The molecule has 1 aromatic heterocycles. The minimum absolute atomic E-state index is 0.0120. The van der Waals surface area contributed by atoms with E-state index < -0.39 is 0 Å². The number of thiophene rings is 1. The molecule has 0 atom stereocenters. The van der Waals surface area contributed by atoms with Crippen molar-refractivity contribution in [1.29, 1.82) is 0 Å². The van der Waals surface area contributed by atoms with Gasteiger partial charge in [-0.25, -0.2) is 0 Å². The minimum atomic E-state index is -0.0366. The standard InChI is InChI=1S/C24H24ClN3O2S/c25-18-8-6-17(7-9-18)21-10-11-22(31-21)24(30)27-20-12-14-28(15-13-20)16-23(29)26-19-4-2-1-3-5-19/h1-11,20H,12-16H2,(H,26,29)(H,27,30). The third kappa shape index (κ3) is 5.94. The van der Waals surface area contributed by atoms with Crippen molar-refractivity contribution in [2.75, 3.05) is 25.0 Å². The molecule has 0 saturated carbocycles. The number of likely N-dealkylation sites (tertiary alicyclic amines) is 1. The highest BCUT2D eigenvalue weighted by Crippen LogP contribution is 2.29. The van der Waals surface area contributed by atoms with E-state index in [2.05, 4.69) is 15.5 Å². The first-order chi connectivity index (χ1) is 15.1. The summed E-state index contributed by atoms with van der Waals surface area (Å²) in [4.78, 5) is 28.8. The number of carbonyl (C=O) groups excluding carboxylic acids is 2. The van der Waals surface area contributed by atoms with Gasteiger partial charge in [-0.2, -0.15) is 0 Å². The molecule has 2 aromatic carbocycles. The van der Waals surface area contributed by atoms with Crippen molar-refractivity contribution < 1.29 is 9.59 Å². The Balaban J connectivity index is 1.24. The van der Waals surface area contributed by atoms with E-state index >= 15 is 0 Å². The van der Waals surface area contributed by atoms with Crippen LogP contribution in [0.1, 0.15) is 22.5 Å². The second-order valence-corrected chi connectivity index (χ2v) is 9.13. The molecule has 2 N–H and O–H groups in total. The lowest BCUT2D eigenvalue weighted by Crippen LogP contribution is -2.46. The number of anilines is 1. The van der Waals surface area contributed by atoms with E-state index in [0.717, 1.165) is 42.1 Å². The number of hydrogen-bond donors (Lipinski definition) is 2.